The van der Waals surface area contributed by atoms with E-state index in [-0.39, 0.29) is 0 Å². The highest BCUT2D eigenvalue weighted by Gasteiger charge is 2.15. The van der Waals surface area contributed by atoms with Crippen LogP contribution in [0.1, 0.15) is 51.4 Å². The normalized spacial score (nSPS) is 10.2. The van der Waals surface area contributed by atoms with Crippen molar-refractivity contribution in [2.24, 2.45) is 0 Å². The molecule has 1 N–H and O–H groups in total. The molecule has 0 atom stereocenters. The molecule has 0 unspecified atom stereocenters. The maximum atomic E-state index is 8.81. The van der Waals surface area contributed by atoms with Gasteiger partial charge in [-0.2, -0.15) is 5.26 Å². The van der Waals surface area contributed by atoms with Gasteiger partial charge in [0.25, 0.3) is 0 Å². The summed E-state index contributed by atoms with van der Waals surface area (Å²) in [5.41, 5.74) is 1.07. The predicted molar refractivity (Wildman–Crippen MR) is 87.7 cm³/mol. The Morgan fingerprint density at radius 1 is 1.19 bits per heavy atom. The van der Waals surface area contributed by atoms with Gasteiger partial charge in [-0.05, 0) is 26.7 Å². The molecule has 1 aromatic heterocycles. The van der Waals surface area contributed by atoms with Crippen molar-refractivity contribution in [3.8, 4) is 6.07 Å². The molecule has 5 nitrogen and oxygen atoms in total. The number of nitriles is 1. The smallest absolute Gasteiger partial charge is 0.137 e. The van der Waals surface area contributed by atoms with Crippen molar-refractivity contribution in [2.45, 2.75) is 53.4 Å². The van der Waals surface area contributed by atoms with Gasteiger partial charge in [-0.15, -0.1) is 0 Å². The summed E-state index contributed by atoms with van der Waals surface area (Å²) in [6, 6.07) is 2.21. The molecule has 0 amide bonds. The first-order valence-electron chi connectivity index (χ1n) is 7.91. The van der Waals surface area contributed by atoms with Crippen LogP contribution in [0.25, 0.3) is 0 Å². The Bertz CT molecular complexity index is 478. The fourth-order valence-corrected chi connectivity index (χ4v) is 2.21. The van der Waals surface area contributed by atoms with Gasteiger partial charge < -0.3 is 10.2 Å². The first kappa shape index (κ1) is 17.2. The first-order chi connectivity index (χ1) is 10.2. The van der Waals surface area contributed by atoms with Crippen molar-refractivity contribution in [1.29, 1.82) is 5.26 Å². The molecular formula is C16H27N5. The summed E-state index contributed by atoms with van der Waals surface area (Å²) in [7, 11) is 0. The number of aryl methyl sites for hydroxylation is 1. The van der Waals surface area contributed by atoms with Gasteiger partial charge in [-0.3, -0.25) is 0 Å². The van der Waals surface area contributed by atoms with Gasteiger partial charge in [0, 0.05) is 31.6 Å². The van der Waals surface area contributed by atoms with Gasteiger partial charge in [-0.25, -0.2) is 9.97 Å². The fraction of sp³-hybridized carbons (Fsp3) is 0.688. The standard InChI is InChI=1S/C16H27N5/c1-5-9-14-19-15(18-11-6-2)13(4)16(20-14)21(7-3)12-8-10-17/h5-9,11-12H2,1-4H3,(H,18,19,20). The molecule has 0 spiro atoms. The Labute approximate surface area is 128 Å². The minimum absolute atomic E-state index is 0.512. The van der Waals surface area contributed by atoms with E-state index in [0.717, 1.165) is 55.4 Å². The zero-order chi connectivity index (χ0) is 15.7. The average molecular weight is 289 g/mol. The molecule has 0 radical (unpaired) electrons. The molecule has 5 heteroatoms. The lowest BCUT2D eigenvalue weighted by molar-refractivity contribution is 0.773. The highest BCUT2D eigenvalue weighted by molar-refractivity contribution is 5.58. The van der Waals surface area contributed by atoms with E-state index in [1.165, 1.54) is 0 Å². The maximum Gasteiger partial charge on any atom is 0.137 e. The summed E-state index contributed by atoms with van der Waals surface area (Å²) in [6.07, 6.45) is 3.48. The second-order valence-electron chi connectivity index (χ2n) is 5.10. The lowest BCUT2D eigenvalue weighted by atomic mass is 10.2. The summed E-state index contributed by atoms with van der Waals surface area (Å²) in [6.45, 7) is 10.9. The molecule has 21 heavy (non-hydrogen) atoms. The molecule has 0 saturated heterocycles. The Morgan fingerprint density at radius 2 is 1.95 bits per heavy atom. The van der Waals surface area contributed by atoms with E-state index < -0.39 is 0 Å². The zero-order valence-electron chi connectivity index (χ0n) is 13.7. The fourth-order valence-electron chi connectivity index (χ4n) is 2.21. The summed E-state index contributed by atoms with van der Waals surface area (Å²) < 4.78 is 0. The molecular weight excluding hydrogens is 262 g/mol. The molecule has 0 fully saturated rings. The van der Waals surface area contributed by atoms with Gasteiger partial charge in [0.05, 0.1) is 12.5 Å². The van der Waals surface area contributed by atoms with E-state index in [1.807, 2.05) is 0 Å². The van der Waals surface area contributed by atoms with E-state index in [9.17, 15) is 0 Å². The van der Waals surface area contributed by atoms with E-state index in [4.69, 9.17) is 10.2 Å². The lowest BCUT2D eigenvalue weighted by Gasteiger charge is -2.24. The third-order valence-electron chi connectivity index (χ3n) is 3.36. The molecule has 0 aromatic carbocycles. The second kappa shape index (κ2) is 9.17. The molecule has 0 aliphatic heterocycles. The number of hydrogen-bond acceptors (Lipinski definition) is 5. The third-order valence-corrected chi connectivity index (χ3v) is 3.36. The van der Waals surface area contributed by atoms with E-state index in [2.05, 4.69) is 49.0 Å². The summed E-state index contributed by atoms with van der Waals surface area (Å²) in [5, 5.41) is 12.2. The minimum Gasteiger partial charge on any atom is -0.370 e. The first-order valence-corrected chi connectivity index (χ1v) is 7.91. The quantitative estimate of drug-likeness (QED) is 0.755. The van der Waals surface area contributed by atoms with E-state index in [0.29, 0.717) is 13.0 Å². The van der Waals surface area contributed by atoms with E-state index >= 15 is 0 Å². The van der Waals surface area contributed by atoms with Crippen molar-refractivity contribution in [2.75, 3.05) is 29.9 Å². The number of nitrogens with one attached hydrogen (secondary N) is 1. The number of nitrogens with zero attached hydrogens (tertiary/aromatic N) is 4. The van der Waals surface area contributed by atoms with Crippen LogP contribution in [-0.2, 0) is 6.42 Å². The van der Waals surface area contributed by atoms with E-state index in [1.54, 1.807) is 0 Å². The monoisotopic (exact) mass is 289 g/mol. The molecule has 1 heterocycles. The van der Waals surface area contributed by atoms with Crippen LogP contribution in [0.5, 0.6) is 0 Å². The van der Waals surface area contributed by atoms with Crippen LogP contribution in [0, 0.1) is 18.3 Å². The van der Waals surface area contributed by atoms with Crippen molar-refractivity contribution >= 4 is 11.6 Å². The number of anilines is 2. The Kier molecular flexibility index (Phi) is 7.52. The number of rotatable bonds is 9. The van der Waals surface area contributed by atoms with Gasteiger partial charge in [0.2, 0.25) is 0 Å². The zero-order valence-corrected chi connectivity index (χ0v) is 13.7. The van der Waals surface area contributed by atoms with Crippen LogP contribution < -0.4 is 10.2 Å². The Morgan fingerprint density at radius 3 is 2.52 bits per heavy atom. The molecule has 116 valence electrons. The van der Waals surface area contributed by atoms with Crippen molar-refractivity contribution in [1.82, 2.24) is 9.97 Å². The second-order valence-corrected chi connectivity index (χ2v) is 5.10. The van der Waals surface area contributed by atoms with Crippen LogP contribution in [-0.4, -0.2) is 29.6 Å². The van der Waals surface area contributed by atoms with Crippen LogP contribution in [0.2, 0.25) is 0 Å². The Balaban J connectivity index is 3.14. The molecule has 0 saturated carbocycles. The molecule has 1 rings (SSSR count). The highest BCUT2D eigenvalue weighted by Crippen LogP contribution is 2.24. The molecule has 1 aromatic rings. The van der Waals surface area contributed by atoms with Crippen molar-refractivity contribution in [3.05, 3.63) is 11.4 Å². The Hall–Kier alpha value is -1.83. The predicted octanol–water partition coefficient (Wildman–Crippen LogP) is 3.30. The number of hydrogen-bond donors (Lipinski definition) is 1. The van der Waals surface area contributed by atoms with Gasteiger partial charge in [0.1, 0.15) is 17.5 Å². The highest BCUT2D eigenvalue weighted by atomic mass is 15.2. The van der Waals surface area contributed by atoms with Crippen LogP contribution in [0.4, 0.5) is 11.6 Å². The lowest BCUT2D eigenvalue weighted by Crippen LogP contribution is -2.27. The minimum atomic E-state index is 0.512. The number of aromatic nitrogens is 2. The van der Waals surface area contributed by atoms with Gasteiger partial charge >= 0.3 is 0 Å². The van der Waals surface area contributed by atoms with Crippen LogP contribution >= 0.6 is 0 Å². The average Bonchev–Trinajstić information content (AvgIpc) is 2.49. The molecule has 0 aliphatic carbocycles. The summed E-state index contributed by atoms with van der Waals surface area (Å²) in [4.78, 5) is 11.5. The van der Waals surface area contributed by atoms with Crippen LogP contribution in [0.15, 0.2) is 0 Å². The van der Waals surface area contributed by atoms with Crippen molar-refractivity contribution < 1.29 is 0 Å². The van der Waals surface area contributed by atoms with Crippen molar-refractivity contribution in [3.63, 3.8) is 0 Å². The van der Waals surface area contributed by atoms with Gasteiger partial charge in [-0.1, -0.05) is 13.8 Å². The van der Waals surface area contributed by atoms with Crippen LogP contribution in [0.3, 0.4) is 0 Å². The topological polar surface area (TPSA) is 64.8 Å². The molecule has 0 aliphatic rings. The molecule has 0 bridgehead atoms. The SMILES string of the molecule is CCCNc1nc(CCC)nc(N(CC)CCC#N)c1C. The summed E-state index contributed by atoms with van der Waals surface area (Å²) in [5.74, 6) is 2.78. The summed E-state index contributed by atoms with van der Waals surface area (Å²) >= 11 is 0. The van der Waals surface area contributed by atoms with Gasteiger partial charge in [0.15, 0.2) is 0 Å². The third kappa shape index (κ3) is 4.89. The maximum absolute atomic E-state index is 8.81. The largest absolute Gasteiger partial charge is 0.370 e.